The van der Waals surface area contributed by atoms with Gasteiger partial charge in [0.2, 0.25) is 0 Å². The number of aromatic nitrogens is 4. The van der Waals surface area contributed by atoms with Gasteiger partial charge in [-0.2, -0.15) is 0 Å². The summed E-state index contributed by atoms with van der Waals surface area (Å²) in [5.41, 5.74) is 13.0. The Bertz CT molecular complexity index is 3600. The minimum absolute atomic E-state index is 0.106. The fourth-order valence-electron chi connectivity index (χ4n) is 11.7. The molecule has 2 fully saturated rings. The molecule has 2 saturated carbocycles. The summed E-state index contributed by atoms with van der Waals surface area (Å²) in [5.74, 6) is 0. The second-order valence-corrected chi connectivity index (χ2v) is 39.5. The molecule has 6 aromatic carbocycles. The van der Waals surface area contributed by atoms with Crippen LogP contribution in [0.4, 0.5) is 11.4 Å². The van der Waals surface area contributed by atoms with Crippen LogP contribution in [0.1, 0.15) is 159 Å². The predicted octanol–water partition coefficient (Wildman–Crippen LogP) is 24.0. The van der Waals surface area contributed by atoms with Crippen molar-refractivity contribution in [2.45, 2.75) is 168 Å². The molecule has 496 valence electrons. The molecule has 12 rings (SSSR count). The SMILES string of the molecule is Brc1ccccc1.CC.CC.CN(C)c1ccc(P(C(C)(C)C)C(C)(C)C)cc1.CN(C)c1ccc(P(C(C)(C)C)C(C)(C)C)cc1.[Cl][Pd][Cl].c1ccc(-c2nc3ccc(C4(c5ccccc5)CC4)nc3s2)cc1.c1ccc(C2(c3ccc4ncsc4n3)CC2)cc1. The quantitative estimate of drug-likeness (QED) is 0.106. The number of hydrogen-bond acceptors (Lipinski definition) is 8. The van der Waals surface area contributed by atoms with E-state index in [4.69, 9.17) is 34.0 Å². The van der Waals surface area contributed by atoms with Gasteiger partial charge in [0.15, 0.2) is 0 Å². The van der Waals surface area contributed by atoms with Crippen molar-refractivity contribution in [2.75, 3.05) is 38.0 Å². The summed E-state index contributed by atoms with van der Waals surface area (Å²) in [4.78, 5) is 25.2. The Morgan fingerprint density at radius 3 is 1.10 bits per heavy atom. The number of benzene rings is 6. The molecule has 0 radical (unpaired) electrons. The van der Waals surface area contributed by atoms with Crippen molar-refractivity contribution < 1.29 is 15.9 Å². The third kappa shape index (κ3) is 22.3. The van der Waals surface area contributed by atoms with Crippen molar-refractivity contribution in [3.05, 3.63) is 227 Å². The Labute approximate surface area is 590 Å². The van der Waals surface area contributed by atoms with E-state index in [1.807, 2.05) is 69.6 Å². The van der Waals surface area contributed by atoms with Gasteiger partial charge in [-0.3, -0.25) is 0 Å². The standard InChI is InChI=1S/C21H16N2S.2C16H28NP.C15H12N2S.C6H5Br.2C2H6.2ClH.Pd/c1-3-7-15(8-4-1)19-22-17-11-12-18(23-20(17)24-19)21(13-14-21)16-9-5-2-6-10-16;2*1-15(2,3)18(16(4,5)6)14-11-9-13(10-12-14)17(7)8;1-2-4-11(5-3-1)15(8-9-15)13-7-6-12-14(17-13)18-10-16-12;7-6-4-2-1-3-5-6;2*1-2;;;/h1-12H,13-14H2;2*9-12H,1-8H3;1-7,10H,8-9H2;1-5H;2*1-2H3;2*1H;/q;;;;;;;;;+2/p-2. The Morgan fingerprint density at radius 1 is 0.435 bits per heavy atom. The third-order valence-corrected chi connectivity index (χ3v) is 24.5. The number of pyridine rings is 2. The molecular weight excluding hydrogens is 1400 g/mol. The molecule has 2 aliphatic rings. The zero-order valence-electron chi connectivity index (χ0n) is 58.2. The zero-order chi connectivity index (χ0) is 68.1. The number of nitrogens with zero attached hydrogens (tertiary/aromatic N) is 6. The fourth-order valence-corrected chi connectivity index (χ4v) is 21.7. The average molecular weight is 1510 g/mol. The minimum atomic E-state index is -0.188. The summed E-state index contributed by atoms with van der Waals surface area (Å²) in [7, 11) is 17.6. The smallest absolute Gasteiger partial charge is 0.144 e. The van der Waals surface area contributed by atoms with Crippen molar-refractivity contribution in [3.63, 3.8) is 0 Å². The van der Waals surface area contributed by atoms with E-state index in [0.29, 0.717) is 20.6 Å². The van der Waals surface area contributed by atoms with Crippen LogP contribution in [0.15, 0.2) is 204 Å². The molecule has 4 aromatic heterocycles. The van der Waals surface area contributed by atoms with Crippen LogP contribution in [0.5, 0.6) is 0 Å². The van der Waals surface area contributed by atoms with E-state index >= 15 is 0 Å². The van der Waals surface area contributed by atoms with Crippen LogP contribution < -0.4 is 20.4 Å². The maximum absolute atomic E-state index is 4.99. The third-order valence-electron chi connectivity index (χ3n) is 15.3. The van der Waals surface area contributed by atoms with Gasteiger partial charge < -0.3 is 9.80 Å². The Kier molecular flexibility index (Phi) is 30.7. The fraction of sp³-hybridized carbons (Fsp3) is 0.385. The Hall–Kier alpha value is -4.42. The first kappa shape index (κ1) is 78.3. The van der Waals surface area contributed by atoms with E-state index in [1.165, 1.54) is 70.2 Å². The van der Waals surface area contributed by atoms with Crippen LogP contribution >= 0.6 is 73.5 Å². The van der Waals surface area contributed by atoms with E-state index in [9.17, 15) is 0 Å². The Balaban J connectivity index is 0.000000209. The Morgan fingerprint density at radius 2 is 0.772 bits per heavy atom. The monoisotopic (exact) mass is 1500 g/mol. The van der Waals surface area contributed by atoms with Crippen molar-refractivity contribution in [3.8, 4) is 10.6 Å². The van der Waals surface area contributed by atoms with Crippen molar-refractivity contribution in [1.82, 2.24) is 19.9 Å². The number of rotatable bonds is 9. The number of anilines is 2. The van der Waals surface area contributed by atoms with Crippen LogP contribution in [0.2, 0.25) is 0 Å². The van der Waals surface area contributed by atoms with E-state index < -0.39 is 0 Å². The van der Waals surface area contributed by atoms with Crippen LogP contribution in [0, 0.1) is 0 Å². The van der Waals surface area contributed by atoms with Gasteiger partial charge in [0.25, 0.3) is 0 Å². The van der Waals surface area contributed by atoms with Gasteiger partial charge in [0.05, 0.1) is 22.4 Å². The number of halogens is 3. The van der Waals surface area contributed by atoms with Gasteiger partial charge in [-0.05, 0) is 129 Å². The summed E-state index contributed by atoms with van der Waals surface area (Å²) in [6.07, 6.45) is 4.77. The average Bonchev–Trinajstić information content (AvgIpc) is 1.57. The van der Waals surface area contributed by atoms with Crippen LogP contribution in [0.3, 0.4) is 0 Å². The van der Waals surface area contributed by atoms with E-state index in [1.54, 1.807) is 22.7 Å². The predicted molar refractivity (Wildman–Crippen MR) is 415 cm³/mol. The summed E-state index contributed by atoms with van der Waals surface area (Å²) >= 11 is 6.51. The van der Waals surface area contributed by atoms with E-state index in [2.05, 4.69) is 300 Å². The summed E-state index contributed by atoms with van der Waals surface area (Å²) in [6, 6.07) is 68.5. The first-order valence-corrected chi connectivity index (χ1v) is 41.1. The number of hydrogen-bond donors (Lipinski definition) is 0. The van der Waals surface area contributed by atoms with Gasteiger partial charge in [0.1, 0.15) is 20.2 Å². The molecule has 0 atom stereocenters. The summed E-state index contributed by atoms with van der Waals surface area (Å²) in [6.45, 7) is 36.4. The van der Waals surface area contributed by atoms with Gasteiger partial charge in [0, 0.05) is 60.4 Å². The molecule has 0 unspecified atom stereocenters. The van der Waals surface area contributed by atoms with Crippen molar-refractivity contribution in [1.29, 1.82) is 0 Å². The van der Waals surface area contributed by atoms with Crippen LogP contribution in [0.25, 0.3) is 31.3 Å². The van der Waals surface area contributed by atoms with Crippen molar-refractivity contribution >= 4 is 116 Å². The zero-order valence-corrected chi connectivity index (χ0v) is 66.3. The normalized spacial score (nSPS) is 13.4. The maximum atomic E-state index is 4.99. The molecule has 0 N–H and O–H groups in total. The number of fused-ring (bicyclic) bond motifs is 2. The molecule has 14 heteroatoms. The van der Waals surface area contributed by atoms with Crippen LogP contribution in [-0.2, 0) is 26.8 Å². The second-order valence-electron chi connectivity index (χ2n) is 26.7. The topological polar surface area (TPSA) is 58.0 Å². The second kappa shape index (κ2) is 36.1. The van der Waals surface area contributed by atoms with Gasteiger partial charge in [-0.25, -0.2) is 19.9 Å². The molecular formula is C78H101BrCl2N6P2PdS2. The van der Waals surface area contributed by atoms with Crippen LogP contribution in [-0.4, -0.2) is 68.8 Å². The molecule has 2 aliphatic carbocycles. The molecule has 6 nitrogen and oxygen atoms in total. The molecule has 92 heavy (non-hydrogen) atoms. The molecule has 0 bridgehead atoms. The molecule has 10 aromatic rings. The largest absolute Gasteiger partial charge is 0.243 e. The van der Waals surface area contributed by atoms with Gasteiger partial charge in [-0.1, -0.05) is 287 Å². The van der Waals surface area contributed by atoms with E-state index in [0.717, 1.165) is 35.7 Å². The first-order valence-electron chi connectivity index (χ1n) is 31.9. The first-order chi connectivity index (χ1) is 43.6. The van der Waals surface area contributed by atoms with Gasteiger partial charge in [-0.15, -0.1) is 11.3 Å². The minimum Gasteiger partial charge on any atom is -0.243 e. The molecule has 0 amide bonds. The summed E-state index contributed by atoms with van der Waals surface area (Å²) < 4.78 is 1.13. The summed E-state index contributed by atoms with van der Waals surface area (Å²) in [5, 5.41) is 5.42. The maximum Gasteiger partial charge on any atom is 0.144 e. The number of thiazole rings is 2. The molecule has 0 saturated heterocycles. The van der Waals surface area contributed by atoms with Crippen molar-refractivity contribution in [2.24, 2.45) is 0 Å². The molecule has 4 heterocycles. The molecule has 0 spiro atoms. The van der Waals surface area contributed by atoms with Gasteiger partial charge >= 0.3 is 35.0 Å². The van der Waals surface area contributed by atoms with E-state index in [-0.39, 0.29) is 42.6 Å². The molecule has 0 aliphatic heterocycles.